The fourth-order valence-corrected chi connectivity index (χ4v) is 2.08. The van der Waals surface area contributed by atoms with Gasteiger partial charge in [-0.25, -0.2) is 0 Å². The lowest BCUT2D eigenvalue weighted by Crippen LogP contribution is -2.24. The van der Waals surface area contributed by atoms with Gasteiger partial charge in [-0.3, -0.25) is 0 Å². The molecule has 0 saturated heterocycles. The zero-order valence-corrected chi connectivity index (χ0v) is 12.5. The number of para-hydroxylation sites is 1. The Kier molecular flexibility index (Phi) is 5.62. The van der Waals surface area contributed by atoms with Crippen LogP contribution >= 0.6 is 0 Å². The molecule has 1 unspecified atom stereocenters. The first-order chi connectivity index (χ1) is 9.01. The topological polar surface area (TPSA) is 12.0 Å². The van der Waals surface area contributed by atoms with E-state index in [9.17, 15) is 0 Å². The van der Waals surface area contributed by atoms with E-state index in [1.54, 1.807) is 0 Å². The smallest absolute Gasteiger partial charge is 0.0381 e. The molecule has 0 fully saturated rings. The van der Waals surface area contributed by atoms with Crippen LogP contribution in [0.25, 0.3) is 0 Å². The van der Waals surface area contributed by atoms with Crippen molar-refractivity contribution in [2.45, 2.75) is 27.7 Å². The first kappa shape index (κ1) is 15.3. The quantitative estimate of drug-likeness (QED) is 0.529. The van der Waals surface area contributed by atoms with Gasteiger partial charge in [0.05, 0.1) is 0 Å². The minimum Gasteiger partial charge on any atom is -0.359 e. The Morgan fingerprint density at radius 2 is 1.89 bits per heavy atom. The molecular formula is C18H25N. The largest absolute Gasteiger partial charge is 0.359 e. The van der Waals surface area contributed by atoms with E-state index >= 15 is 0 Å². The molecular weight excluding hydrogens is 230 g/mol. The Labute approximate surface area is 117 Å². The maximum atomic E-state index is 3.82. The van der Waals surface area contributed by atoms with E-state index < -0.39 is 0 Å². The lowest BCUT2D eigenvalue weighted by molar-refractivity contribution is 0.353. The Morgan fingerprint density at radius 3 is 2.42 bits per heavy atom. The minimum atomic E-state index is 0.103. The van der Waals surface area contributed by atoms with Crippen LogP contribution in [-0.4, -0.2) is 0 Å². The highest BCUT2D eigenvalue weighted by molar-refractivity contribution is 5.49. The Bertz CT molecular complexity index is 452. The summed E-state index contributed by atoms with van der Waals surface area (Å²) in [7, 11) is 0. The second kappa shape index (κ2) is 6.98. The molecule has 1 N–H and O–H groups in total. The van der Waals surface area contributed by atoms with E-state index in [0.29, 0.717) is 5.92 Å². The second-order valence-corrected chi connectivity index (χ2v) is 5.39. The standard InChI is InChI=1S/C18H25N/c1-6-11-17(15(3)18(4,5)14-7-2)19-16-12-9-8-10-13-16/h6-15,19H,1H2,2-5H3/b14-7-,17-11+. The van der Waals surface area contributed by atoms with Gasteiger partial charge in [0, 0.05) is 17.3 Å². The molecule has 1 aromatic carbocycles. The minimum absolute atomic E-state index is 0.103. The lowest BCUT2D eigenvalue weighted by Gasteiger charge is -2.31. The van der Waals surface area contributed by atoms with Crippen LogP contribution in [0.4, 0.5) is 5.69 Å². The Hall–Kier alpha value is -1.76. The molecule has 0 amide bonds. The molecule has 0 aliphatic heterocycles. The van der Waals surface area contributed by atoms with E-state index in [1.165, 1.54) is 5.70 Å². The molecule has 0 bridgehead atoms. The number of nitrogens with one attached hydrogen (secondary N) is 1. The van der Waals surface area contributed by atoms with Crippen molar-refractivity contribution in [2.75, 3.05) is 5.32 Å². The third-order valence-electron chi connectivity index (χ3n) is 3.54. The van der Waals surface area contributed by atoms with Crippen LogP contribution in [0.2, 0.25) is 0 Å². The molecule has 1 rings (SSSR count). The molecule has 0 saturated carbocycles. The molecule has 0 aliphatic carbocycles. The van der Waals surface area contributed by atoms with Gasteiger partial charge in [0.25, 0.3) is 0 Å². The van der Waals surface area contributed by atoms with Crippen molar-refractivity contribution in [3.05, 3.63) is 66.9 Å². The van der Waals surface area contributed by atoms with Crippen LogP contribution in [0, 0.1) is 11.3 Å². The number of allylic oxidation sites excluding steroid dienone is 5. The van der Waals surface area contributed by atoms with Gasteiger partial charge in [-0.05, 0) is 30.5 Å². The average Bonchev–Trinajstić information content (AvgIpc) is 2.38. The average molecular weight is 255 g/mol. The van der Waals surface area contributed by atoms with Gasteiger partial charge in [-0.2, -0.15) is 0 Å². The normalized spacial score (nSPS) is 14.4. The Morgan fingerprint density at radius 1 is 1.26 bits per heavy atom. The summed E-state index contributed by atoms with van der Waals surface area (Å²) >= 11 is 0. The van der Waals surface area contributed by atoms with Crippen molar-refractivity contribution in [3.8, 4) is 0 Å². The predicted molar refractivity (Wildman–Crippen MR) is 86.1 cm³/mol. The molecule has 1 heteroatoms. The predicted octanol–water partition coefficient (Wildman–Crippen LogP) is 5.41. The van der Waals surface area contributed by atoms with Crippen molar-refractivity contribution in [1.82, 2.24) is 0 Å². The molecule has 0 heterocycles. The molecule has 0 radical (unpaired) electrons. The van der Waals surface area contributed by atoms with E-state index in [4.69, 9.17) is 0 Å². The van der Waals surface area contributed by atoms with Crippen molar-refractivity contribution in [2.24, 2.45) is 11.3 Å². The molecule has 0 aliphatic rings. The van der Waals surface area contributed by atoms with Gasteiger partial charge in [-0.1, -0.05) is 63.8 Å². The van der Waals surface area contributed by atoms with Crippen LogP contribution in [0.5, 0.6) is 0 Å². The van der Waals surface area contributed by atoms with E-state index in [-0.39, 0.29) is 5.41 Å². The van der Waals surface area contributed by atoms with Gasteiger partial charge in [0.1, 0.15) is 0 Å². The van der Waals surface area contributed by atoms with E-state index in [0.717, 1.165) is 5.69 Å². The van der Waals surface area contributed by atoms with Crippen molar-refractivity contribution in [1.29, 1.82) is 0 Å². The van der Waals surface area contributed by atoms with Gasteiger partial charge in [0.15, 0.2) is 0 Å². The maximum Gasteiger partial charge on any atom is 0.0381 e. The second-order valence-electron chi connectivity index (χ2n) is 5.39. The molecule has 102 valence electrons. The summed E-state index contributed by atoms with van der Waals surface area (Å²) < 4.78 is 0. The monoisotopic (exact) mass is 255 g/mol. The van der Waals surface area contributed by atoms with E-state index in [1.807, 2.05) is 24.3 Å². The van der Waals surface area contributed by atoms with Gasteiger partial charge >= 0.3 is 0 Å². The van der Waals surface area contributed by atoms with E-state index in [2.05, 4.69) is 70.0 Å². The first-order valence-corrected chi connectivity index (χ1v) is 6.79. The van der Waals surface area contributed by atoms with Gasteiger partial charge in [-0.15, -0.1) is 0 Å². The van der Waals surface area contributed by atoms with Crippen molar-refractivity contribution < 1.29 is 0 Å². The summed E-state index contributed by atoms with van der Waals surface area (Å²) in [6, 6.07) is 10.2. The summed E-state index contributed by atoms with van der Waals surface area (Å²) in [6.07, 6.45) is 8.27. The SMILES string of the molecule is C=C/C=C(/Nc1ccccc1)C(C)C(C)(C)/C=C\C. The zero-order chi connectivity index (χ0) is 14.3. The number of anilines is 1. The van der Waals surface area contributed by atoms with Crippen LogP contribution in [0.15, 0.2) is 66.9 Å². The highest BCUT2D eigenvalue weighted by Gasteiger charge is 2.25. The summed E-state index contributed by atoms with van der Waals surface area (Å²) in [5, 5.41) is 3.50. The molecule has 1 nitrogen and oxygen atoms in total. The number of rotatable bonds is 6. The highest BCUT2D eigenvalue weighted by atomic mass is 14.9. The third kappa shape index (κ3) is 4.44. The fraction of sp³-hybridized carbons (Fsp3) is 0.333. The lowest BCUT2D eigenvalue weighted by atomic mass is 9.77. The Balaban J connectivity index is 2.96. The summed E-state index contributed by atoms with van der Waals surface area (Å²) in [5.74, 6) is 0.377. The molecule has 0 spiro atoms. The first-order valence-electron chi connectivity index (χ1n) is 6.79. The van der Waals surface area contributed by atoms with Crippen molar-refractivity contribution >= 4 is 5.69 Å². The third-order valence-corrected chi connectivity index (χ3v) is 3.54. The number of hydrogen-bond acceptors (Lipinski definition) is 1. The summed E-state index contributed by atoms with van der Waals surface area (Å²) in [4.78, 5) is 0. The van der Waals surface area contributed by atoms with Crippen LogP contribution in [0.1, 0.15) is 27.7 Å². The number of hydrogen-bond donors (Lipinski definition) is 1. The van der Waals surface area contributed by atoms with Crippen molar-refractivity contribution in [3.63, 3.8) is 0 Å². The van der Waals surface area contributed by atoms with Crippen LogP contribution in [-0.2, 0) is 0 Å². The van der Waals surface area contributed by atoms with Crippen LogP contribution in [0.3, 0.4) is 0 Å². The molecule has 1 aromatic rings. The van der Waals surface area contributed by atoms with Crippen LogP contribution < -0.4 is 5.32 Å². The summed E-state index contributed by atoms with van der Waals surface area (Å²) in [6.45, 7) is 12.6. The van der Waals surface area contributed by atoms with Gasteiger partial charge in [0.2, 0.25) is 0 Å². The molecule has 1 atom stereocenters. The fourth-order valence-electron chi connectivity index (χ4n) is 2.08. The maximum absolute atomic E-state index is 3.82. The molecule has 19 heavy (non-hydrogen) atoms. The highest BCUT2D eigenvalue weighted by Crippen LogP contribution is 2.34. The zero-order valence-electron chi connectivity index (χ0n) is 12.5. The number of benzene rings is 1. The molecule has 0 aromatic heterocycles. The summed E-state index contributed by atoms with van der Waals surface area (Å²) in [5.41, 5.74) is 2.40. The van der Waals surface area contributed by atoms with Gasteiger partial charge < -0.3 is 5.32 Å².